The van der Waals surface area contributed by atoms with Crippen molar-refractivity contribution in [2.24, 2.45) is 0 Å². The van der Waals surface area contributed by atoms with E-state index in [4.69, 9.17) is 4.74 Å². The molecule has 0 unspecified atom stereocenters. The Hall–Kier alpha value is -3.50. The van der Waals surface area contributed by atoms with Crippen LogP contribution in [-0.4, -0.2) is 45.6 Å². The average molecular weight is 466 g/mol. The number of para-hydroxylation sites is 1. The van der Waals surface area contributed by atoms with E-state index in [1.165, 1.54) is 22.7 Å². The molecule has 1 aromatic carbocycles. The first-order valence-corrected chi connectivity index (χ1v) is 11.6. The number of fused-ring (bicyclic) bond motifs is 1. The van der Waals surface area contributed by atoms with Crippen LogP contribution in [0, 0.1) is 0 Å². The number of hydrogen-bond acceptors (Lipinski definition) is 7. The largest absolute Gasteiger partial charge is 0.496 e. The molecule has 0 atom stereocenters. The number of amides is 2. The Morgan fingerprint density at radius 1 is 1.22 bits per heavy atom. The first kappa shape index (κ1) is 20.4. The highest BCUT2D eigenvalue weighted by molar-refractivity contribution is 7.16. The molecule has 4 heterocycles. The third-order valence-electron chi connectivity index (χ3n) is 5.18. The zero-order valence-electron chi connectivity index (χ0n) is 17.1. The Morgan fingerprint density at radius 3 is 2.91 bits per heavy atom. The van der Waals surface area contributed by atoms with Crippen molar-refractivity contribution >= 4 is 39.6 Å². The lowest BCUT2D eigenvalue weighted by Crippen LogP contribution is -2.35. The van der Waals surface area contributed by atoms with Crippen LogP contribution in [-0.2, 0) is 13.0 Å². The average Bonchev–Trinajstić information content (AvgIpc) is 3.58. The van der Waals surface area contributed by atoms with Crippen LogP contribution in [0.15, 0.2) is 47.8 Å². The van der Waals surface area contributed by atoms with Crippen LogP contribution in [0.2, 0.25) is 0 Å². The third kappa shape index (κ3) is 3.90. The molecule has 162 valence electrons. The van der Waals surface area contributed by atoms with Crippen LogP contribution >= 0.6 is 22.7 Å². The zero-order valence-corrected chi connectivity index (χ0v) is 18.8. The molecule has 2 amide bonds. The number of aromatic nitrogens is 3. The van der Waals surface area contributed by atoms with E-state index in [2.05, 4.69) is 20.5 Å². The van der Waals surface area contributed by atoms with E-state index in [-0.39, 0.29) is 11.8 Å². The normalized spacial score (nSPS) is 13.0. The van der Waals surface area contributed by atoms with E-state index in [1.807, 2.05) is 35.7 Å². The summed E-state index contributed by atoms with van der Waals surface area (Å²) in [5.41, 5.74) is 2.82. The van der Waals surface area contributed by atoms with Crippen molar-refractivity contribution in [2.75, 3.05) is 19.0 Å². The fourth-order valence-corrected chi connectivity index (χ4v) is 5.22. The quantitative estimate of drug-likeness (QED) is 0.463. The van der Waals surface area contributed by atoms with Crippen LogP contribution in [0.5, 0.6) is 5.75 Å². The van der Waals surface area contributed by atoms with Crippen LogP contribution in [0.25, 0.3) is 11.3 Å². The standard InChI is InChI=1S/C22H19N5O3S2/c1-30-17-6-3-2-5-13(17)15-11-16(26-25-15)21(29)27-9-8-14-19(12-27)32-22(23-14)24-20(28)18-7-4-10-31-18/h2-7,10-11H,8-9,12H2,1H3,(H,25,26)(H,23,24,28). The van der Waals surface area contributed by atoms with Crippen molar-refractivity contribution in [1.82, 2.24) is 20.1 Å². The fourth-order valence-electron chi connectivity index (χ4n) is 3.58. The molecule has 10 heteroatoms. The lowest BCUT2D eigenvalue weighted by atomic mass is 10.1. The van der Waals surface area contributed by atoms with Crippen molar-refractivity contribution in [3.05, 3.63) is 69.0 Å². The van der Waals surface area contributed by atoms with Gasteiger partial charge in [0.2, 0.25) is 0 Å². The summed E-state index contributed by atoms with van der Waals surface area (Å²) in [5, 5.41) is 12.4. The van der Waals surface area contributed by atoms with E-state index < -0.39 is 0 Å². The number of nitrogens with zero attached hydrogens (tertiary/aromatic N) is 3. The van der Waals surface area contributed by atoms with E-state index in [1.54, 1.807) is 24.1 Å². The van der Waals surface area contributed by atoms with E-state index in [0.717, 1.165) is 16.1 Å². The van der Waals surface area contributed by atoms with Crippen molar-refractivity contribution in [2.45, 2.75) is 13.0 Å². The van der Waals surface area contributed by atoms with Crippen molar-refractivity contribution < 1.29 is 14.3 Å². The van der Waals surface area contributed by atoms with Gasteiger partial charge in [0.15, 0.2) is 5.13 Å². The van der Waals surface area contributed by atoms with Gasteiger partial charge in [-0.1, -0.05) is 29.5 Å². The Labute approximate surface area is 191 Å². The lowest BCUT2D eigenvalue weighted by molar-refractivity contribution is 0.0730. The Balaban J connectivity index is 1.30. The number of methoxy groups -OCH3 is 1. The number of thiazole rings is 1. The maximum Gasteiger partial charge on any atom is 0.272 e. The van der Waals surface area contributed by atoms with Gasteiger partial charge in [-0.2, -0.15) is 5.10 Å². The maximum absolute atomic E-state index is 13.1. The van der Waals surface area contributed by atoms with Gasteiger partial charge >= 0.3 is 0 Å². The van der Waals surface area contributed by atoms with Gasteiger partial charge in [0, 0.05) is 23.4 Å². The highest BCUT2D eigenvalue weighted by atomic mass is 32.1. The predicted octanol–water partition coefficient (Wildman–Crippen LogP) is 4.05. The van der Waals surface area contributed by atoms with Crippen molar-refractivity contribution in [3.8, 4) is 17.0 Å². The summed E-state index contributed by atoms with van der Waals surface area (Å²) in [4.78, 5) is 33.3. The second-order valence-electron chi connectivity index (χ2n) is 7.16. The zero-order chi connectivity index (χ0) is 22.1. The molecule has 0 saturated heterocycles. The first-order valence-electron chi connectivity index (χ1n) is 9.94. The number of ether oxygens (including phenoxy) is 1. The minimum absolute atomic E-state index is 0.123. The van der Waals surface area contributed by atoms with Gasteiger partial charge in [0.25, 0.3) is 11.8 Å². The molecule has 1 aliphatic rings. The Kier molecular flexibility index (Phi) is 5.46. The highest BCUT2D eigenvalue weighted by Crippen LogP contribution is 2.31. The lowest BCUT2D eigenvalue weighted by Gasteiger charge is -2.25. The van der Waals surface area contributed by atoms with Gasteiger partial charge in [-0.25, -0.2) is 4.98 Å². The number of carbonyl (C=O) groups is 2. The maximum atomic E-state index is 13.1. The van der Waals surface area contributed by atoms with Gasteiger partial charge in [0.1, 0.15) is 11.4 Å². The SMILES string of the molecule is COc1ccccc1-c1cc(C(=O)N2CCc3nc(NC(=O)c4cccs4)sc3C2)[nH]n1. The molecular formula is C22H19N5O3S2. The summed E-state index contributed by atoms with van der Waals surface area (Å²) in [6.07, 6.45) is 0.639. The number of H-pyrrole nitrogens is 1. The van der Waals surface area contributed by atoms with Crippen LogP contribution in [0.4, 0.5) is 5.13 Å². The summed E-state index contributed by atoms with van der Waals surface area (Å²) in [5.74, 6) is 0.407. The number of benzene rings is 1. The molecule has 1 aliphatic heterocycles. The minimum Gasteiger partial charge on any atom is -0.496 e. The van der Waals surface area contributed by atoms with Crippen molar-refractivity contribution in [3.63, 3.8) is 0 Å². The van der Waals surface area contributed by atoms with Crippen LogP contribution in [0.1, 0.15) is 30.7 Å². The summed E-state index contributed by atoms with van der Waals surface area (Å²) >= 11 is 2.79. The summed E-state index contributed by atoms with van der Waals surface area (Å²) in [6, 6.07) is 12.9. The molecule has 32 heavy (non-hydrogen) atoms. The molecule has 4 aromatic rings. The molecule has 0 fully saturated rings. The fraction of sp³-hybridized carbons (Fsp3) is 0.182. The monoisotopic (exact) mass is 465 g/mol. The van der Waals surface area contributed by atoms with Gasteiger partial charge in [0.05, 0.1) is 29.9 Å². The molecule has 2 N–H and O–H groups in total. The van der Waals surface area contributed by atoms with E-state index in [0.29, 0.717) is 46.7 Å². The van der Waals surface area contributed by atoms with Gasteiger partial charge in [-0.3, -0.25) is 20.0 Å². The van der Waals surface area contributed by atoms with E-state index in [9.17, 15) is 9.59 Å². The second-order valence-corrected chi connectivity index (χ2v) is 9.20. The van der Waals surface area contributed by atoms with Crippen LogP contribution in [0.3, 0.4) is 0 Å². The first-order chi connectivity index (χ1) is 15.6. The van der Waals surface area contributed by atoms with Crippen molar-refractivity contribution in [1.29, 1.82) is 0 Å². The molecular weight excluding hydrogens is 446 g/mol. The number of nitrogens with one attached hydrogen (secondary N) is 2. The smallest absolute Gasteiger partial charge is 0.272 e. The molecule has 8 nitrogen and oxygen atoms in total. The molecule has 0 aliphatic carbocycles. The highest BCUT2D eigenvalue weighted by Gasteiger charge is 2.27. The summed E-state index contributed by atoms with van der Waals surface area (Å²) in [6.45, 7) is 1.00. The molecule has 0 saturated carbocycles. The van der Waals surface area contributed by atoms with Gasteiger partial charge < -0.3 is 9.64 Å². The molecule has 3 aromatic heterocycles. The predicted molar refractivity (Wildman–Crippen MR) is 123 cm³/mol. The second kappa shape index (κ2) is 8.56. The van der Waals surface area contributed by atoms with E-state index >= 15 is 0 Å². The molecule has 5 rings (SSSR count). The van der Waals surface area contributed by atoms with Crippen LogP contribution < -0.4 is 10.1 Å². The number of aromatic amines is 1. The Bertz CT molecular complexity index is 1280. The molecule has 0 bridgehead atoms. The van der Waals surface area contributed by atoms with Gasteiger partial charge in [-0.15, -0.1) is 11.3 Å². The molecule has 0 spiro atoms. The number of thiophene rings is 1. The minimum atomic E-state index is -0.166. The summed E-state index contributed by atoms with van der Waals surface area (Å²) in [7, 11) is 1.61. The number of hydrogen-bond donors (Lipinski definition) is 2. The Morgan fingerprint density at radius 2 is 2.09 bits per heavy atom. The number of anilines is 1. The topological polar surface area (TPSA) is 100 Å². The molecule has 0 radical (unpaired) electrons. The number of carbonyl (C=O) groups excluding carboxylic acids is 2. The number of rotatable bonds is 5. The van der Waals surface area contributed by atoms with Gasteiger partial charge in [-0.05, 0) is 29.6 Å². The third-order valence-corrected chi connectivity index (χ3v) is 7.04. The summed E-state index contributed by atoms with van der Waals surface area (Å²) < 4.78 is 5.39.